The number of alkyl halides is 1. The van der Waals surface area contributed by atoms with E-state index in [1.54, 1.807) is 0 Å². The Labute approximate surface area is 60.6 Å². The SMILES string of the molecule is B[C@@H]1O[C@H](CO)CC1Cl. The second kappa shape index (κ2) is 2.91. The van der Waals surface area contributed by atoms with Crippen molar-refractivity contribution in [2.45, 2.75) is 23.9 Å². The zero-order chi connectivity index (χ0) is 6.85. The fourth-order valence-corrected chi connectivity index (χ4v) is 1.26. The lowest BCUT2D eigenvalue weighted by Gasteiger charge is -2.05. The number of rotatable bonds is 1. The molecule has 0 aromatic rings. The summed E-state index contributed by atoms with van der Waals surface area (Å²) in [4.78, 5) is 0. The van der Waals surface area contributed by atoms with Gasteiger partial charge in [0.25, 0.3) is 0 Å². The van der Waals surface area contributed by atoms with Gasteiger partial charge in [0.05, 0.1) is 18.1 Å². The molecule has 0 bridgehead atoms. The molecule has 1 N–H and O–H groups in total. The molecule has 3 atom stereocenters. The minimum atomic E-state index is -0.0255. The Morgan fingerprint density at radius 2 is 2.44 bits per heavy atom. The largest absolute Gasteiger partial charge is 0.394 e. The fourth-order valence-electron chi connectivity index (χ4n) is 1.00. The molecule has 1 aliphatic rings. The third-order valence-corrected chi connectivity index (χ3v) is 2.14. The number of hydrogen-bond acceptors (Lipinski definition) is 2. The lowest BCUT2D eigenvalue weighted by molar-refractivity contribution is 0.0434. The molecule has 1 heterocycles. The lowest BCUT2D eigenvalue weighted by atomic mass is 9.97. The first-order valence-corrected chi connectivity index (χ1v) is 3.58. The van der Waals surface area contributed by atoms with Gasteiger partial charge < -0.3 is 9.84 Å². The zero-order valence-electron chi connectivity index (χ0n) is 5.38. The zero-order valence-corrected chi connectivity index (χ0v) is 6.14. The lowest BCUT2D eigenvalue weighted by Crippen LogP contribution is -2.16. The minimum absolute atomic E-state index is 0.0255. The van der Waals surface area contributed by atoms with Crippen molar-refractivity contribution in [2.24, 2.45) is 0 Å². The average molecular weight is 148 g/mol. The maximum atomic E-state index is 8.62. The summed E-state index contributed by atoms with van der Waals surface area (Å²) in [6.07, 6.45) is 0.752. The van der Waals surface area contributed by atoms with Gasteiger partial charge in [0, 0.05) is 6.00 Å². The highest BCUT2D eigenvalue weighted by atomic mass is 35.5. The van der Waals surface area contributed by atoms with E-state index >= 15 is 0 Å². The summed E-state index contributed by atoms with van der Waals surface area (Å²) in [5.41, 5.74) is 0. The molecule has 9 heavy (non-hydrogen) atoms. The third kappa shape index (κ3) is 1.60. The maximum Gasteiger partial charge on any atom is 0.141 e. The van der Waals surface area contributed by atoms with Gasteiger partial charge in [-0.2, -0.15) is 0 Å². The van der Waals surface area contributed by atoms with Crippen molar-refractivity contribution in [1.29, 1.82) is 0 Å². The van der Waals surface area contributed by atoms with Crippen molar-refractivity contribution in [3.8, 4) is 0 Å². The Morgan fingerprint density at radius 1 is 1.78 bits per heavy atom. The summed E-state index contributed by atoms with van der Waals surface area (Å²) < 4.78 is 5.24. The summed E-state index contributed by atoms with van der Waals surface area (Å²) in [5, 5.41) is 8.70. The summed E-state index contributed by atoms with van der Waals surface area (Å²) >= 11 is 5.80. The van der Waals surface area contributed by atoms with Crippen LogP contribution in [-0.2, 0) is 4.74 Å². The summed E-state index contributed by atoms with van der Waals surface area (Å²) in [7, 11) is 1.92. The summed E-state index contributed by atoms with van der Waals surface area (Å²) in [5.74, 6) is 0. The van der Waals surface area contributed by atoms with E-state index in [0.29, 0.717) is 0 Å². The molecule has 0 spiro atoms. The molecule has 1 rings (SSSR count). The molecule has 2 nitrogen and oxygen atoms in total. The normalized spacial score (nSPS) is 43.6. The summed E-state index contributed by atoms with van der Waals surface area (Å²) in [6, 6.07) is 0.101. The standard InChI is InChI=1S/C5H10BClO2/c6-5-4(7)1-3(2-8)9-5/h3-5,8H,1-2,6H2/t3-,4?,5+/m0/s1. The Hall–Kier alpha value is 0.275. The fraction of sp³-hybridized carbons (Fsp3) is 1.00. The molecule has 1 saturated heterocycles. The Bertz CT molecular complexity index is 91.0. The average Bonchev–Trinajstić information content (AvgIpc) is 2.13. The molecule has 1 unspecified atom stereocenters. The topological polar surface area (TPSA) is 29.5 Å². The molecule has 1 aliphatic heterocycles. The highest BCUT2D eigenvalue weighted by molar-refractivity contribution is 6.26. The first-order chi connectivity index (χ1) is 4.24. The van der Waals surface area contributed by atoms with E-state index in [0.717, 1.165) is 6.42 Å². The Kier molecular flexibility index (Phi) is 2.38. The first-order valence-electron chi connectivity index (χ1n) is 3.14. The molecule has 52 valence electrons. The number of aliphatic hydroxyl groups is 1. The van der Waals surface area contributed by atoms with Crippen molar-refractivity contribution >= 4 is 19.4 Å². The minimum Gasteiger partial charge on any atom is -0.394 e. The van der Waals surface area contributed by atoms with Gasteiger partial charge in [0.15, 0.2) is 0 Å². The van der Waals surface area contributed by atoms with Crippen LogP contribution in [0.4, 0.5) is 0 Å². The van der Waals surface area contributed by atoms with E-state index in [4.69, 9.17) is 21.4 Å². The second-order valence-corrected chi connectivity index (χ2v) is 2.96. The van der Waals surface area contributed by atoms with Gasteiger partial charge in [-0.3, -0.25) is 0 Å². The van der Waals surface area contributed by atoms with Crippen LogP contribution in [0.1, 0.15) is 6.42 Å². The van der Waals surface area contributed by atoms with Crippen LogP contribution in [-0.4, -0.2) is 37.0 Å². The van der Waals surface area contributed by atoms with Gasteiger partial charge in [0.1, 0.15) is 7.85 Å². The first kappa shape index (κ1) is 7.38. The molecule has 0 saturated carbocycles. The van der Waals surface area contributed by atoms with Crippen LogP contribution >= 0.6 is 11.6 Å². The Morgan fingerprint density at radius 3 is 2.67 bits per heavy atom. The van der Waals surface area contributed by atoms with Crippen LogP contribution < -0.4 is 0 Å². The van der Waals surface area contributed by atoms with Crippen LogP contribution in [0.25, 0.3) is 0 Å². The molecule has 0 aromatic carbocycles. The molecule has 4 heteroatoms. The maximum absolute atomic E-state index is 8.62. The van der Waals surface area contributed by atoms with Crippen LogP contribution in [0.5, 0.6) is 0 Å². The molecular weight excluding hydrogens is 138 g/mol. The van der Waals surface area contributed by atoms with Crippen LogP contribution in [0, 0.1) is 0 Å². The van der Waals surface area contributed by atoms with Crippen LogP contribution in [0.3, 0.4) is 0 Å². The van der Waals surface area contributed by atoms with Gasteiger partial charge in [-0.25, -0.2) is 0 Å². The predicted molar refractivity (Wildman–Crippen MR) is 38.5 cm³/mol. The van der Waals surface area contributed by atoms with Gasteiger partial charge >= 0.3 is 0 Å². The molecule has 0 aliphatic carbocycles. The van der Waals surface area contributed by atoms with Crippen LogP contribution in [0.15, 0.2) is 0 Å². The van der Waals surface area contributed by atoms with Crippen LogP contribution in [0.2, 0.25) is 0 Å². The highest BCUT2D eigenvalue weighted by Crippen LogP contribution is 2.22. The van der Waals surface area contributed by atoms with Crippen molar-refractivity contribution in [1.82, 2.24) is 0 Å². The van der Waals surface area contributed by atoms with Crippen molar-refractivity contribution in [3.05, 3.63) is 0 Å². The molecule has 0 radical (unpaired) electrons. The number of halogens is 1. The molecule has 0 aromatic heterocycles. The number of ether oxygens (including phenoxy) is 1. The molecule has 0 amide bonds. The Balaban J connectivity index is 2.35. The number of aliphatic hydroxyl groups excluding tert-OH is 1. The summed E-state index contributed by atoms with van der Waals surface area (Å²) in [6.45, 7) is 0.0908. The van der Waals surface area contributed by atoms with E-state index in [2.05, 4.69) is 0 Å². The van der Waals surface area contributed by atoms with E-state index < -0.39 is 0 Å². The van der Waals surface area contributed by atoms with Gasteiger partial charge in [0.2, 0.25) is 0 Å². The van der Waals surface area contributed by atoms with Gasteiger partial charge in [-0.1, -0.05) is 0 Å². The van der Waals surface area contributed by atoms with E-state index in [-0.39, 0.29) is 24.1 Å². The number of hydrogen-bond donors (Lipinski definition) is 1. The van der Waals surface area contributed by atoms with E-state index in [9.17, 15) is 0 Å². The monoisotopic (exact) mass is 148 g/mol. The van der Waals surface area contributed by atoms with Crippen molar-refractivity contribution in [3.63, 3.8) is 0 Å². The molecular formula is C5H10BClO2. The van der Waals surface area contributed by atoms with Gasteiger partial charge in [-0.05, 0) is 6.42 Å². The van der Waals surface area contributed by atoms with E-state index in [1.807, 2.05) is 7.85 Å². The second-order valence-electron chi connectivity index (χ2n) is 2.40. The van der Waals surface area contributed by atoms with E-state index in [1.165, 1.54) is 0 Å². The van der Waals surface area contributed by atoms with Crippen molar-refractivity contribution < 1.29 is 9.84 Å². The third-order valence-electron chi connectivity index (χ3n) is 1.61. The highest BCUT2D eigenvalue weighted by Gasteiger charge is 2.29. The van der Waals surface area contributed by atoms with Gasteiger partial charge in [-0.15, -0.1) is 11.6 Å². The quantitative estimate of drug-likeness (QED) is 0.395. The van der Waals surface area contributed by atoms with Crippen molar-refractivity contribution in [2.75, 3.05) is 6.61 Å². The smallest absolute Gasteiger partial charge is 0.141 e. The predicted octanol–water partition coefficient (Wildman–Crippen LogP) is -0.666. The molecule has 1 fully saturated rings.